The number of pyridine rings is 1. The number of hydrogen-bond acceptors (Lipinski definition) is 4. The van der Waals surface area contributed by atoms with E-state index in [0.29, 0.717) is 12.8 Å². The van der Waals surface area contributed by atoms with Crippen LogP contribution in [0.25, 0.3) is 0 Å². The maximum Gasteiger partial charge on any atom is 0.413 e. The summed E-state index contributed by atoms with van der Waals surface area (Å²) in [6, 6.07) is 5.54. The topological polar surface area (TPSA) is 79.3 Å². The Bertz CT molecular complexity index is 624. The second-order valence-corrected chi connectivity index (χ2v) is 8.77. The standard InChI is InChI=1S/C18H27N3O3/c1-15(2)11-18(12-16(3,4)20-15)17(5,23)21(14(22)24-18)10-13-8-6-7-9-19-13/h6-9,20,23H,10-12H2,1-5H3/p+1/t17-/m1/s1. The fraction of sp³-hybridized carbons (Fsp3) is 0.667. The maximum absolute atomic E-state index is 12.6. The first kappa shape index (κ1) is 17.2. The molecule has 6 nitrogen and oxygen atoms in total. The molecule has 3 heterocycles. The molecule has 132 valence electrons. The Labute approximate surface area is 143 Å². The molecule has 0 bridgehead atoms. The van der Waals surface area contributed by atoms with Gasteiger partial charge in [-0.15, -0.1) is 0 Å². The average Bonchev–Trinajstić information content (AvgIpc) is 2.56. The van der Waals surface area contributed by atoms with Crippen molar-refractivity contribution in [2.24, 2.45) is 0 Å². The van der Waals surface area contributed by atoms with Gasteiger partial charge < -0.3 is 15.2 Å². The number of carbonyl (C=O) groups excluding carboxylic acids is 1. The molecule has 3 N–H and O–H groups in total. The molecule has 1 amide bonds. The molecule has 1 spiro atoms. The lowest BCUT2D eigenvalue weighted by Crippen LogP contribution is -3.07. The van der Waals surface area contributed by atoms with Gasteiger partial charge in [0.2, 0.25) is 0 Å². The SMILES string of the molecule is CC1(C)CC2(CC(C)(C)[NH2+]1)OC(=O)N(Cc1ccccn1)[C@]2(C)O. The summed E-state index contributed by atoms with van der Waals surface area (Å²) in [7, 11) is 0. The summed E-state index contributed by atoms with van der Waals surface area (Å²) in [4.78, 5) is 18.3. The van der Waals surface area contributed by atoms with Crippen molar-refractivity contribution in [2.45, 2.75) is 76.4 Å². The van der Waals surface area contributed by atoms with Gasteiger partial charge in [-0.2, -0.15) is 0 Å². The Kier molecular flexibility index (Phi) is 3.70. The van der Waals surface area contributed by atoms with E-state index in [0.717, 1.165) is 5.69 Å². The summed E-state index contributed by atoms with van der Waals surface area (Å²) in [6.07, 6.45) is 2.41. The molecule has 6 heteroatoms. The van der Waals surface area contributed by atoms with Crippen LogP contribution in [0.15, 0.2) is 24.4 Å². The van der Waals surface area contributed by atoms with Gasteiger partial charge >= 0.3 is 6.09 Å². The average molecular weight is 334 g/mol. The first-order valence-electron chi connectivity index (χ1n) is 8.47. The van der Waals surface area contributed by atoms with Crippen molar-refractivity contribution in [2.75, 3.05) is 0 Å². The number of nitrogens with zero attached hydrogens (tertiary/aromatic N) is 2. The third kappa shape index (κ3) is 2.78. The zero-order valence-corrected chi connectivity index (χ0v) is 15.2. The van der Waals surface area contributed by atoms with E-state index < -0.39 is 17.4 Å². The normalized spacial score (nSPS) is 30.4. The van der Waals surface area contributed by atoms with Crippen LogP contribution in [0.2, 0.25) is 0 Å². The van der Waals surface area contributed by atoms with Gasteiger partial charge in [0.1, 0.15) is 0 Å². The molecule has 1 atom stereocenters. The van der Waals surface area contributed by atoms with Crippen molar-refractivity contribution >= 4 is 6.09 Å². The zero-order chi connectivity index (χ0) is 17.8. The van der Waals surface area contributed by atoms with Crippen LogP contribution in [0.1, 0.15) is 53.2 Å². The minimum Gasteiger partial charge on any atom is -0.437 e. The Hall–Kier alpha value is -1.66. The molecule has 0 saturated carbocycles. The highest BCUT2D eigenvalue weighted by Crippen LogP contribution is 2.48. The number of quaternary nitrogens is 1. The molecule has 0 radical (unpaired) electrons. The van der Waals surface area contributed by atoms with Gasteiger partial charge in [-0.25, -0.2) is 4.79 Å². The van der Waals surface area contributed by atoms with Gasteiger partial charge in [0.05, 0.1) is 23.3 Å². The van der Waals surface area contributed by atoms with Crippen LogP contribution < -0.4 is 5.32 Å². The number of aliphatic hydroxyl groups is 1. The molecule has 1 aromatic rings. The predicted octanol–water partition coefficient (Wildman–Crippen LogP) is 1.40. The van der Waals surface area contributed by atoms with Gasteiger partial charge in [-0.1, -0.05) is 6.07 Å². The lowest BCUT2D eigenvalue weighted by molar-refractivity contribution is -0.793. The Balaban J connectivity index is 1.95. The summed E-state index contributed by atoms with van der Waals surface area (Å²) in [5.41, 5.74) is -1.84. The van der Waals surface area contributed by atoms with Gasteiger partial charge in [-0.05, 0) is 46.8 Å². The third-order valence-electron chi connectivity index (χ3n) is 5.20. The quantitative estimate of drug-likeness (QED) is 0.857. The van der Waals surface area contributed by atoms with E-state index >= 15 is 0 Å². The summed E-state index contributed by atoms with van der Waals surface area (Å²) in [5.74, 6) is 0. The van der Waals surface area contributed by atoms with Crippen molar-refractivity contribution in [1.29, 1.82) is 0 Å². The molecule has 2 fully saturated rings. The van der Waals surface area contributed by atoms with E-state index in [-0.39, 0.29) is 17.6 Å². The number of amides is 1. The molecule has 2 aliphatic rings. The zero-order valence-electron chi connectivity index (χ0n) is 15.2. The van der Waals surface area contributed by atoms with Gasteiger partial charge in [0.25, 0.3) is 0 Å². The fourth-order valence-corrected chi connectivity index (χ4v) is 4.72. The summed E-state index contributed by atoms with van der Waals surface area (Å²) < 4.78 is 5.85. The van der Waals surface area contributed by atoms with E-state index in [2.05, 4.69) is 38.0 Å². The predicted molar refractivity (Wildman–Crippen MR) is 88.9 cm³/mol. The summed E-state index contributed by atoms with van der Waals surface area (Å²) >= 11 is 0. The van der Waals surface area contributed by atoms with Crippen molar-refractivity contribution in [3.8, 4) is 0 Å². The van der Waals surface area contributed by atoms with Crippen LogP contribution in [0.4, 0.5) is 4.79 Å². The van der Waals surface area contributed by atoms with Gasteiger partial charge in [-0.3, -0.25) is 9.88 Å². The Morgan fingerprint density at radius 1 is 1.21 bits per heavy atom. The highest BCUT2D eigenvalue weighted by atomic mass is 16.6. The monoisotopic (exact) mass is 334 g/mol. The first-order valence-corrected chi connectivity index (χ1v) is 8.47. The van der Waals surface area contributed by atoms with E-state index in [4.69, 9.17) is 4.74 Å². The van der Waals surface area contributed by atoms with Crippen LogP contribution in [-0.4, -0.2) is 43.5 Å². The third-order valence-corrected chi connectivity index (χ3v) is 5.20. The number of rotatable bonds is 2. The minimum atomic E-state index is -1.38. The first-order chi connectivity index (χ1) is 11.0. The summed E-state index contributed by atoms with van der Waals surface area (Å²) in [5, 5.41) is 13.7. The number of piperidine rings is 1. The lowest BCUT2D eigenvalue weighted by Gasteiger charge is -2.51. The second-order valence-electron chi connectivity index (χ2n) is 8.77. The van der Waals surface area contributed by atoms with Gasteiger partial charge in [0, 0.05) is 19.0 Å². The number of carbonyl (C=O) groups is 1. The molecule has 0 aromatic carbocycles. The molecular formula is C18H28N3O3+. The molecule has 1 aromatic heterocycles. The van der Waals surface area contributed by atoms with Crippen LogP contribution in [0.3, 0.4) is 0 Å². The van der Waals surface area contributed by atoms with Crippen molar-refractivity contribution < 1.29 is 20.0 Å². The largest absolute Gasteiger partial charge is 0.437 e. The summed E-state index contributed by atoms with van der Waals surface area (Å²) in [6.45, 7) is 10.4. The molecule has 0 aliphatic carbocycles. The van der Waals surface area contributed by atoms with Gasteiger partial charge in [0.15, 0.2) is 11.3 Å². The van der Waals surface area contributed by atoms with E-state index in [1.807, 2.05) is 18.2 Å². The van der Waals surface area contributed by atoms with Crippen molar-refractivity contribution in [1.82, 2.24) is 9.88 Å². The van der Waals surface area contributed by atoms with E-state index in [9.17, 15) is 9.90 Å². The lowest BCUT2D eigenvalue weighted by atomic mass is 9.68. The minimum absolute atomic E-state index is 0.132. The smallest absolute Gasteiger partial charge is 0.413 e. The Morgan fingerprint density at radius 3 is 2.38 bits per heavy atom. The molecule has 2 saturated heterocycles. The second kappa shape index (κ2) is 5.17. The number of hydrogen-bond donors (Lipinski definition) is 2. The molecule has 0 unspecified atom stereocenters. The fourth-order valence-electron chi connectivity index (χ4n) is 4.72. The number of aromatic nitrogens is 1. The van der Waals surface area contributed by atoms with Crippen LogP contribution in [0, 0.1) is 0 Å². The van der Waals surface area contributed by atoms with Crippen molar-refractivity contribution in [3.63, 3.8) is 0 Å². The molecule has 3 rings (SSSR count). The van der Waals surface area contributed by atoms with E-state index in [1.54, 1.807) is 13.1 Å². The van der Waals surface area contributed by atoms with Crippen LogP contribution >= 0.6 is 0 Å². The molecule has 2 aliphatic heterocycles. The Morgan fingerprint density at radius 2 is 1.83 bits per heavy atom. The highest BCUT2D eigenvalue weighted by Gasteiger charge is 2.68. The highest BCUT2D eigenvalue weighted by molar-refractivity contribution is 5.72. The van der Waals surface area contributed by atoms with Crippen LogP contribution in [0.5, 0.6) is 0 Å². The van der Waals surface area contributed by atoms with Crippen LogP contribution in [-0.2, 0) is 11.3 Å². The number of nitrogens with two attached hydrogens (primary N) is 1. The number of ether oxygens (including phenoxy) is 1. The molecule has 24 heavy (non-hydrogen) atoms. The van der Waals surface area contributed by atoms with E-state index in [1.165, 1.54) is 4.90 Å². The van der Waals surface area contributed by atoms with Crippen molar-refractivity contribution in [3.05, 3.63) is 30.1 Å². The maximum atomic E-state index is 12.6. The molecular weight excluding hydrogens is 306 g/mol.